The van der Waals surface area contributed by atoms with Crippen LogP contribution < -0.4 is 5.32 Å². The number of rotatable bonds is 4. The van der Waals surface area contributed by atoms with Crippen LogP contribution in [0.4, 0.5) is 0 Å². The molecule has 1 nitrogen and oxygen atoms in total. The van der Waals surface area contributed by atoms with Crippen LogP contribution in [-0.2, 0) is 0 Å². The van der Waals surface area contributed by atoms with Crippen LogP contribution in [0.3, 0.4) is 0 Å². The van der Waals surface area contributed by atoms with Gasteiger partial charge in [0.1, 0.15) is 0 Å². The Labute approximate surface area is 84.3 Å². The normalized spacial score (nSPS) is 15.9. The average Bonchev–Trinajstić information content (AvgIpc) is 1.81. The van der Waals surface area contributed by atoms with Gasteiger partial charge >= 0.3 is 0 Å². The highest BCUT2D eigenvalue weighted by atomic mass is 14.9. The van der Waals surface area contributed by atoms with Crippen LogP contribution in [0.1, 0.15) is 54.4 Å². The Hall–Kier alpha value is -0.0400. The van der Waals surface area contributed by atoms with Gasteiger partial charge in [-0.1, -0.05) is 27.7 Å². The van der Waals surface area contributed by atoms with Crippen LogP contribution in [0.2, 0.25) is 0 Å². The third-order valence-corrected chi connectivity index (χ3v) is 2.50. The van der Waals surface area contributed by atoms with Gasteiger partial charge in [0.05, 0.1) is 0 Å². The van der Waals surface area contributed by atoms with Gasteiger partial charge in [0.25, 0.3) is 0 Å². The molecule has 0 saturated carbocycles. The summed E-state index contributed by atoms with van der Waals surface area (Å²) in [5.74, 6) is 0.794. The van der Waals surface area contributed by atoms with Gasteiger partial charge in [0, 0.05) is 5.54 Å². The van der Waals surface area contributed by atoms with Crippen molar-refractivity contribution in [3.8, 4) is 0 Å². The molecule has 80 valence electrons. The van der Waals surface area contributed by atoms with Crippen molar-refractivity contribution < 1.29 is 0 Å². The first-order chi connectivity index (χ1) is 5.66. The molecule has 0 aliphatic rings. The first kappa shape index (κ1) is 13.0. The fraction of sp³-hybridized carbons (Fsp3) is 1.00. The summed E-state index contributed by atoms with van der Waals surface area (Å²) in [6, 6.07) is 0. The van der Waals surface area contributed by atoms with Crippen LogP contribution >= 0.6 is 0 Å². The van der Waals surface area contributed by atoms with Crippen molar-refractivity contribution in [2.45, 2.75) is 59.9 Å². The fourth-order valence-corrected chi connectivity index (χ4v) is 2.09. The predicted octanol–water partition coefficient (Wildman–Crippen LogP) is 3.45. The van der Waals surface area contributed by atoms with Crippen molar-refractivity contribution in [3.63, 3.8) is 0 Å². The largest absolute Gasteiger partial charge is 0.315 e. The average molecular weight is 185 g/mol. The second-order valence-electron chi connectivity index (χ2n) is 6.21. The molecule has 0 aliphatic heterocycles. The van der Waals surface area contributed by atoms with Crippen LogP contribution in [0.5, 0.6) is 0 Å². The first-order valence-electron chi connectivity index (χ1n) is 5.35. The van der Waals surface area contributed by atoms with Gasteiger partial charge < -0.3 is 5.32 Å². The molecule has 1 unspecified atom stereocenters. The Balaban J connectivity index is 3.94. The third-order valence-electron chi connectivity index (χ3n) is 2.50. The molecule has 0 saturated heterocycles. The molecule has 0 heterocycles. The van der Waals surface area contributed by atoms with Crippen molar-refractivity contribution in [3.05, 3.63) is 0 Å². The lowest BCUT2D eigenvalue weighted by Crippen LogP contribution is -2.38. The summed E-state index contributed by atoms with van der Waals surface area (Å²) in [5.41, 5.74) is 0.744. The van der Waals surface area contributed by atoms with E-state index in [1.54, 1.807) is 0 Å². The van der Waals surface area contributed by atoms with E-state index in [9.17, 15) is 0 Å². The van der Waals surface area contributed by atoms with E-state index in [-0.39, 0.29) is 5.54 Å². The van der Waals surface area contributed by atoms with E-state index in [1.165, 1.54) is 12.8 Å². The van der Waals surface area contributed by atoms with Gasteiger partial charge in [-0.25, -0.2) is 0 Å². The van der Waals surface area contributed by atoms with Gasteiger partial charge in [0.2, 0.25) is 0 Å². The Kier molecular flexibility index (Phi) is 4.44. The molecule has 0 fully saturated rings. The topological polar surface area (TPSA) is 12.0 Å². The molecule has 0 aromatic heterocycles. The summed E-state index contributed by atoms with van der Waals surface area (Å²) in [4.78, 5) is 0. The molecule has 0 radical (unpaired) electrons. The molecule has 13 heavy (non-hydrogen) atoms. The van der Waals surface area contributed by atoms with Crippen LogP contribution in [-0.4, -0.2) is 12.6 Å². The Morgan fingerprint density at radius 3 is 1.77 bits per heavy atom. The molecule has 0 rings (SSSR count). The van der Waals surface area contributed by atoms with Crippen LogP contribution in [0.25, 0.3) is 0 Å². The molecule has 1 atom stereocenters. The van der Waals surface area contributed by atoms with E-state index < -0.39 is 0 Å². The highest BCUT2D eigenvalue weighted by Gasteiger charge is 2.22. The molecule has 0 amide bonds. The van der Waals surface area contributed by atoms with E-state index >= 15 is 0 Å². The molecule has 0 aromatic carbocycles. The third kappa shape index (κ3) is 7.06. The molecule has 0 spiro atoms. The highest BCUT2D eigenvalue weighted by Crippen LogP contribution is 2.28. The van der Waals surface area contributed by atoms with Gasteiger partial charge in [0.15, 0.2) is 0 Å². The smallest absolute Gasteiger partial charge is 0.0124 e. The minimum atomic E-state index is 0.282. The summed E-state index contributed by atoms with van der Waals surface area (Å²) in [5, 5.41) is 3.36. The summed E-state index contributed by atoms with van der Waals surface area (Å²) < 4.78 is 0. The van der Waals surface area contributed by atoms with Gasteiger partial charge in [-0.05, 0) is 45.1 Å². The van der Waals surface area contributed by atoms with Crippen molar-refractivity contribution in [1.82, 2.24) is 5.32 Å². The van der Waals surface area contributed by atoms with Crippen molar-refractivity contribution in [1.29, 1.82) is 0 Å². The molecular weight excluding hydrogens is 158 g/mol. The second kappa shape index (κ2) is 4.45. The predicted molar refractivity (Wildman–Crippen MR) is 61.0 cm³/mol. The SMILES string of the molecule is CNC(C)(C)CC(C)CC(C)(C)C. The summed E-state index contributed by atoms with van der Waals surface area (Å²) in [7, 11) is 2.05. The van der Waals surface area contributed by atoms with Gasteiger partial charge in [-0.2, -0.15) is 0 Å². The summed E-state index contributed by atoms with van der Waals surface area (Å²) in [6.07, 6.45) is 2.55. The van der Waals surface area contributed by atoms with Gasteiger partial charge in [-0.3, -0.25) is 0 Å². The minimum Gasteiger partial charge on any atom is -0.315 e. The maximum atomic E-state index is 3.36. The summed E-state index contributed by atoms with van der Waals surface area (Å²) in [6.45, 7) is 13.8. The van der Waals surface area contributed by atoms with Crippen molar-refractivity contribution in [2.75, 3.05) is 7.05 Å². The van der Waals surface area contributed by atoms with Crippen LogP contribution in [0.15, 0.2) is 0 Å². The maximum Gasteiger partial charge on any atom is 0.0124 e. The summed E-state index contributed by atoms with van der Waals surface area (Å²) >= 11 is 0. The molecule has 0 aromatic rings. The molecule has 0 bridgehead atoms. The standard InChI is InChI=1S/C12H27N/c1-10(8-11(2,3)4)9-12(5,6)13-7/h10,13H,8-9H2,1-7H3. The lowest BCUT2D eigenvalue weighted by atomic mass is 9.80. The van der Waals surface area contributed by atoms with E-state index in [1.807, 2.05) is 7.05 Å². The zero-order valence-corrected chi connectivity index (χ0v) is 10.5. The van der Waals surface area contributed by atoms with Gasteiger partial charge in [-0.15, -0.1) is 0 Å². The zero-order valence-electron chi connectivity index (χ0n) is 10.5. The first-order valence-corrected chi connectivity index (χ1v) is 5.35. The van der Waals surface area contributed by atoms with E-state index in [4.69, 9.17) is 0 Å². The number of hydrogen-bond donors (Lipinski definition) is 1. The molecular formula is C12H27N. The molecule has 1 heteroatoms. The Morgan fingerprint density at radius 2 is 1.46 bits per heavy atom. The monoisotopic (exact) mass is 185 g/mol. The quantitative estimate of drug-likeness (QED) is 0.707. The van der Waals surface area contributed by atoms with E-state index in [2.05, 4.69) is 46.9 Å². The zero-order chi connectivity index (χ0) is 10.7. The maximum absolute atomic E-state index is 3.36. The van der Waals surface area contributed by atoms with Crippen molar-refractivity contribution in [2.24, 2.45) is 11.3 Å². The Bertz CT molecular complexity index is 142. The Morgan fingerprint density at radius 1 is 1.00 bits per heavy atom. The van der Waals surface area contributed by atoms with E-state index in [0.29, 0.717) is 5.41 Å². The second-order valence-corrected chi connectivity index (χ2v) is 6.21. The number of hydrogen-bond acceptors (Lipinski definition) is 1. The van der Waals surface area contributed by atoms with E-state index in [0.717, 1.165) is 5.92 Å². The molecule has 0 aliphatic carbocycles. The minimum absolute atomic E-state index is 0.282. The highest BCUT2D eigenvalue weighted by molar-refractivity contribution is 4.79. The lowest BCUT2D eigenvalue weighted by molar-refractivity contribution is 0.247. The lowest BCUT2D eigenvalue weighted by Gasteiger charge is -2.31. The number of nitrogens with one attached hydrogen (secondary N) is 1. The fourth-order valence-electron chi connectivity index (χ4n) is 2.09. The van der Waals surface area contributed by atoms with Crippen molar-refractivity contribution >= 4 is 0 Å². The van der Waals surface area contributed by atoms with Crippen LogP contribution in [0, 0.1) is 11.3 Å². The molecule has 1 N–H and O–H groups in total.